The van der Waals surface area contributed by atoms with E-state index in [9.17, 15) is 5.11 Å². The van der Waals surface area contributed by atoms with E-state index in [4.69, 9.17) is 4.74 Å². The maximum absolute atomic E-state index is 9.80. The first-order chi connectivity index (χ1) is 9.39. The molecule has 0 aromatic rings. The molecule has 2 heterocycles. The summed E-state index contributed by atoms with van der Waals surface area (Å²) in [7, 11) is 6.12. The number of halogens is 1. The van der Waals surface area contributed by atoms with E-state index < -0.39 is 0 Å². The Bertz CT molecular complexity index is 261. The van der Waals surface area contributed by atoms with Gasteiger partial charge >= 0.3 is 25.2 Å². The molecule has 6 heteroatoms. The number of ether oxygens (including phenoxy) is 1. The molecule has 1 fully saturated rings. The average molecular weight is 353 g/mol. The van der Waals surface area contributed by atoms with Crippen molar-refractivity contribution in [3.63, 3.8) is 0 Å². The number of β-amino-alcohol motifs (C(OH)–C–C–N with tert-alkyl or cyclic N) is 1. The molecule has 0 aromatic heterocycles. The number of hydrogen-bond donors (Lipinski definition) is 1. The third kappa shape index (κ3) is 9.09. The SMILES string of the molecule is C1CCOC1.CN1[C]N(C[C@H](O)C(C)(C)C)C=C1.[Cl][Cu]. The number of nitrogens with zero attached hydrogens (tertiary/aromatic N) is 2. The zero-order valence-electron chi connectivity index (χ0n) is 12.7. The monoisotopic (exact) mass is 352 g/mol. The molecule has 0 saturated carbocycles. The maximum atomic E-state index is 9.80. The van der Waals surface area contributed by atoms with Crippen molar-refractivity contribution in [3.8, 4) is 0 Å². The summed E-state index contributed by atoms with van der Waals surface area (Å²) in [5, 5.41) is 9.80. The van der Waals surface area contributed by atoms with Gasteiger partial charge in [0.05, 0.1) is 6.10 Å². The van der Waals surface area contributed by atoms with Gasteiger partial charge < -0.3 is 19.6 Å². The van der Waals surface area contributed by atoms with Crippen LogP contribution in [0.5, 0.6) is 0 Å². The van der Waals surface area contributed by atoms with Crippen molar-refractivity contribution in [1.29, 1.82) is 0 Å². The van der Waals surface area contributed by atoms with Crippen LogP contribution in [0.25, 0.3) is 0 Å². The van der Waals surface area contributed by atoms with E-state index in [0.717, 1.165) is 13.2 Å². The topological polar surface area (TPSA) is 35.9 Å². The molecule has 0 unspecified atom stereocenters. The molecule has 0 bridgehead atoms. The fourth-order valence-corrected chi connectivity index (χ4v) is 1.52. The van der Waals surface area contributed by atoms with Crippen LogP contribution in [0.1, 0.15) is 33.6 Å². The van der Waals surface area contributed by atoms with Crippen molar-refractivity contribution in [2.75, 3.05) is 26.8 Å². The van der Waals surface area contributed by atoms with Gasteiger partial charge in [-0.05, 0) is 18.3 Å². The van der Waals surface area contributed by atoms with Crippen LogP contribution >= 0.6 is 10.1 Å². The normalized spacial score (nSPS) is 19.2. The Balaban J connectivity index is 0.000000427. The Morgan fingerprint density at radius 2 is 1.85 bits per heavy atom. The summed E-state index contributed by atoms with van der Waals surface area (Å²) in [4.78, 5) is 3.71. The second-order valence-corrected chi connectivity index (χ2v) is 5.86. The van der Waals surface area contributed by atoms with Gasteiger partial charge in [-0.2, -0.15) is 0 Å². The van der Waals surface area contributed by atoms with Gasteiger partial charge in [-0.25, -0.2) is 0 Å². The molecule has 4 nitrogen and oxygen atoms in total. The molecule has 122 valence electrons. The van der Waals surface area contributed by atoms with Crippen LogP contribution in [0.15, 0.2) is 12.4 Å². The summed E-state index contributed by atoms with van der Waals surface area (Å²) in [5.74, 6) is 0. The first-order valence-corrected chi connectivity index (χ1v) is 8.00. The van der Waals surface area contributed by atoms with Crippen LogP contribution in [0, 0.1) is 12.1 Å². The number of aliphatic hydroxyl groups excluding tert-OH is 1. The van der Waals surface area contributed by atoms with Gasteiger partial charge in [0.1, 0.15) is 0 Å². The summed E-state index contributed by atoms with van der Waals surface area (Å²) in [6.45, 7) is 11.7. The second kappa shape index (κ2) is 10.7. The van der Waals surface area contributed by atoms with Crippen molar-refractivity contribution in [2.24, 2.45) is 5.41 Å². The molecule has 2 rings (SSSR count). The third-order valence-electron chi connectivity index (χ3n) is 2.95. The van der Waals surface area contributed by atoms with Crippen LogP contribution in [0.4, 0.5) is 0 Å². The van der Waals surface area contributed by atoms with Gasteiger partial charge in [0, 0.05) is 39.2 Å². The standard InChI is InChI=1S/C10H18N2O.C4H8O.ClH.Cu/c1-10(2,3)9(13)7-12-6-5-11(4)8-12;1-2-4-5-3-1;;/h5-6,9,13H,7H2,1-4H3;1-4H2;1H;/q;;;+1/p-1/t9-;;;/m0.../s1. The van der Waals surface area contributed by atoms with E-state index in [1.54, 1.807) is 0 Å². The van der Waals surface area contributed by atoms with Crippen molar-refractivity contribution < 1.29 is 24.9 Å². The first kappa shape index (κ1) is 20.1. The number of rotatable bonds is 2. The predicted molar refractivity (Wildman–Crippen MR) is 78.2 cm³/mol. The van der Waals surface area contributed by atoms with Crippen molar-refractivity contribution in [3.05, 3.63) is 19.1 Å². The van der Waals surface area contributed by atoms with Gasteiger partial charge in [-0.15, -0.1) is 0 Å². The van der Waals surface area contributed by atoms with Crippen LogP contribution < -0.4 is 0 Å². The predicted octanol–water partition coefficient (Wildman–Crippen LogP) is 2.59. The Kier molecular flexibility index (Phi) is 10.8. The zero-order chi connectivity index (χ0) is 15.6. The second-order valence-electron chi connectivity index (χ2n) is 5.86. The molecule has 1 atom stereocenters. The van der Waals surface area contributed by atoms with E-state index in [1.165, 1.54) is 12.8 Å². The fraction of sp³-hybridized carbons (Fsp3) is 0.786. The molecular formula is C14H26ClCuN2O2. The van der Waals surface area contributed by atoms with Gasteiger partial charge in [0.25, 0.3) is 0 Å². The van der Waals surface area contributed by atoms with Crippen LogP contribution in [0.2, 0.25) is 0 Å². The zero-order valence-corrected chi connectivity index (χ0v) is 14.4. The Morgan fingerprint density at radius 3 is 2.15 bits per heavy atom. The summed E-state index contributed by atoms with van der Waals surface area (Å²) in [5.41, 5.74) is -0.0727. The molecule has 2 aliphatic rings. The summed E-state index contributed by atoms with van der Waals surface area (Å²) in [6, 6.07) is 0. The van der Waals surface area contributed by atoms with Gasteiger partial charge in [-0.1, -0.05) is 20.8 Å². The molecule has 2 radical (unpaired) electrons. The summed E-state index contributed by atoms with van der Waals surface area (Å²) in [6.07, 6.45) is 6.04. The summed E-state index contributed by atoms with van der Waals surface area (Å²) >= 11 is 3.66. The molecule has 20 heavy (non-hydrogen) atoms. The van der Waals surface area contributed by atoms with Crippen LogP contribution in [-0.2, 0) is 19.8 Å². The fourth-order valence-electron chi connectivity index (χ4n) is 1.52. The van der Waals surface area contributed by atoms with E-state index in [2.05, 4.69) is 31.9 Å². The summed E-state index contributed by atoms with van der Waals surface area (Å²) < 4.78 is 4.94. The van der Waals surface area contributed by atoms with E-state index in [1.807, 2.05) is 50.0 Å². The Labute approximate surface area is 136 Å². The van der Waals surface area contributed by atoms with E-state index in [-0.39, 0.29) is 11.5 Å². The van der Waals surface area contributed by atoms with Crippen LogP contribution in [0.3, 0.4) is 0 Å². The Morgan fingerprint density at radius 1 is 1.30 bits per heavy atom. The van der Waals surface area contributed by atoms with E-state index in [0.29, 0.717) is 6.54 Å². The molecule has 0 amide bonds. The molecule has 0 aromatic carbocycles. The number of hydrogen-bond acceptors (Lipinski definition) is 4. The first-order valence-electron chi connectivity index (χ1n) is 6.71. The molecule has 2 aliphatic heterocycles. The molecule has 1 N–H and O–H groups in total. The minimum absolute atomic E-state index is 0.0727. The van der Waals surface area contributed by atoms with Crippen molar-refractivity contribution >= 4 is 10.1 Å². The van der Waals surface area contributed by atoms with E-state index >= 15 is 0 Å². The molecular weight excluding hydrogens is 327 g/mol. The van der Waals surface area contributed by atoms with Gasteiger partial charge in [-0.3, -0.25) is 0 Å². The average Bonchev–Trinajstić information content (AvgIpc) is 3.05. The molecule has 0 aliphatic carbocycles. The third-order valence-corrected chi connectivity index (χ3v) is 2.95. The quantitative estimate of drug-likeness (QED) is 0.774. The van der Waals surface area contributed by atoms with Gasteiger partial charge in [0.2, 0.25) is 6.67 Å². The van der Waals surface area contributed by atoms with Crippen molar-refractivity contribution in [2.45, 2.75) is 39.7 Å². The minimum atomic E-state index is -0.337. The van der Waals surface area contributed by atoms with Gasteiger partial charge in [0.15, 0.2) is 0 Å². The van der Waals surface area contributed by atoms with Crippen LogP contribution in [-0.4, -0.2) is 47.8 Å². The Hall–Kier alpha value is 0.0695. The van der Waals surface area contributed by atoms with Crippen molar-refractivity contribution in [1.82, 2.24) is 9.80 Å². The number of aliphatic hydroxyl groups is 1. The molecule has 0 spiro atoms. The molecule has 1 saturated heterocycles.